The zero-order valence-corrected chi connectivity index (χ0v) is 18.8. The molecule has 2 fully saturated rings. The number of carbonyl (C=O) groups excluding carboxylic acids is 1. The highest BCUT2D eigenvalue weighted by atomic mass is 35.5. The van der Waals surface area contributed by atoms with E-state index in [9.17, 15) is 10.1 Å². The largest absolute Gasteiger partial charge is 0.347 e. The van der Waals surface area contributed by atoms with Crippen LogP contribution in [0.4, 0.5) is 0 Å². The fourth-order valence-corrected chi connectivity index (χ4v) is 5.64. The minimum atomic E-state index is -0.487. The molecule has 1 saturated carbocycles. The van der Waals surface area contributed by atoms with E-state index in [-0.39, 0.29) is 29.3 Å². The summed E-state index contributed by atoms with van der Waals surface area (Å²) in [4.78, 5) is 12.8. The molecule has 150 valence electrons. The lowest BCUT2D eigenvalue weighted by molar-refractivity contribution is -0.117. The number of nitriles is 1. The Kier molecular flexibility index (Phi) is 7.33. The van der Waals surface area contributed by atoms with Gasteiger partial charge in [-0.3, -0.25) is 0 Å². The van der Waals surface area contributed by atoms with Crippen LogP contribution in [-0.4, -0.2) is 18.8 Å². The number of alkyl halides is 1. The van der Waals surface area contributed by atoms with Crippen molar-refractivity contribution in [2.75, 3.05) is 6.38 Å². The molecule has 5 atom stereocenters. The van der Waals surface area contributed by atoms with Crippen molar-refractivity contribution >= 4 is 47.2 Å². The smallest absolute Gasteiger partial charge is 0.309 e. The molecule has 29 heavy (non-hydrogen) atoms. The first-order chi connectivity index (χ1) is 14.0. The maximum Gasteiger partial charge on any atom is 0.347 e. The highest BCUT2D eigenvalue weighted by molar-refractivity contribution is 6.97. The Hall–Kier alpha value is -1.47. The monoisotopic (exact) mass is 445 g/mol. The maximum absolute atomic E-state index is 12.8. The summed E-state index contributed by atoms with van der Waals surface area (Å²) in [6, 6.07) is 16.1. The molecular formula is C23H23BCl3NO. The predicted octanol–water partition coefficient (Wildman–Crippen LogP) is 6.81. The van der Waals surface area contributed by atoms with Gasteiger partial charge in [-0.1, -0.05) is 54.4 Å². The lowest BCUT2D eigenvalue weighted by Gasteiger charge is -2.42. The van der Waals surface area contributed by atoms with Crippen molar-refractivity contribution in [1.82, 2.24) is 0 Å². The molecule has 2 nitrogen and oxygen atoms in total. The third-order valence-electron chi connectivity index (χ3n) is 6.60. The van der Waals surface area contributed by atoms with E-state index in [1.165, 1.54) is 17.5 Å². The standard InChI is InChI=1S/C22H20BCl2NO.CH3Cl/c1-13-20-19(22(27)23(13)12-26)11-10-18(14-2-6-16(24)7-3-14)21(20)15-4-8-17(25)9-5-15;1-2/h2-9,13,18-21H,10-11H2,1H3;1H3. The molecule has 1 aliphatic carbocycles. The van der Waals surface area contributed by atoms with Crippen LogP contribution in [-0.2, 0) is 4.79 Å². The van der Waals surface area contributed by atoms with Crippen molar-refractivity contribution in [2.45, 2.75) is 37.4 Å². The van der Waals surface area contributed by atoms with E-state index in [1.807, 2.05) is 24.3 Å². The van der Waals surface area contributed by atoms with Crippen molar-refractivity contribution < 1.29 is 4.79 Å². The summed E-state index contributed by atoms with van der Waals surface area (Å²) in [5.41, 5.74) is 2.59. The quantitative estimate of drug-likeness (QED) is 0.375. The predicted molar refractivity (Wildman–Crippen MR) is 122 cm³/mol. The van der Waals surface area contributed by atoms with Gasteiger partial charge in [0.1, 0.15) is 5.68 Å². The summed E-state index contributed by atoms with van der Waals surface area (Å²) in [6.45, 7) is 1.59. The minimum Gasteiger partial charge on any atom is -0.309 e. The second kappa shape index (κ2) is 9.56. The van der Waals surface area contributed by atoms with Crippen LogP contribution in [0.25, 0.3) is 0 Å². The van der Waals surface area contributed by atoms with Gasteiger partial charge >= 0.3 is 6.71 Å². The summed E-state index contributed by atoms with van der Waals surface area (Å²) in [7, 11) is 0. The van der Waals surface area contributed by atoms with Gasteiger partial charge in [0, 0.05) is 28.3 Å². The lowest BCUT2D eigenvalue weighted by Crippen LogP contribution is -2.32. The molecule has 0 aromatic heterocycles. The minimum absolute atomic E-state index is 0.0196. The molecule has 1 saturated heterocycles. The molecule has 2 aromatic rings. The molecule has 1 heterocycles. The molecule has 0 N–H and O–H groups in total. The summed E-state index contributed by atoms with van der Waals surface area (Å²) in [6.07, 6.45) is 3.26. The Morgan fingerprint density at radius 2 is 1.38 bits per heavy atom. The normalized spacial score (nSPS) is 28.2. The molecule has 2 aromatic carbocycles. The molecule has 4 rings (SSSR count). The first-order valence-electron chi connectivity index (χ1n) is 9.83. The highest BCUT2D eigenvalue weighted by Gasteiger charge is 2.56. The van der Waals surface area contributed by atoms with Gasteiger partial charge in [-0.25, -0.2) is 5.26 Å². The number of hydrogen-bond acceptors (Lipinski definition) is 2. The van der Waals surface area contributed by atoms with E-state index in [4.69, 9.17) is 23.2 Å². The first-order valence-corrected chi connectivity index (χ1v) is 11.3. The van der Waals surface area contributed by atoms with Crippen molar-refractivity contribution in [1.29, 1.82) is 5.26 Å². The third kappa shape index (κ3) is 4.22. The maximum atomic E-state index is 12.8. The zero-order chi connectivity index (χ0) is 21.1. The molecule has 6 heteroatoms. The second-order valence-electron chi connectivity index (χ2n) is 7.86. The Morgan fingerprint density at radius 1 is 0.897 bits per heavy atom. The van der Waals surface area contributed by atoms with Crippen LogP contribution in [0.15, 0.2) is 48.5 Å². The van der Waals surface area contributed by atoms with Crippen LogP contribution in [0.3, 0.4) is 0 Å². The van der Waals surface area contributed by atoms with E-state index < -0.39 is 6.71 Å². The van der Waals surface area contributed by atoms with Crippen molar-refractivity contribution in [3.8, 4) is 5.97 Å². The van der Waals surface area contributed by atoms with Gasteiger partial charge in [0.25, 0.3) is 0 Å². The van der Waals surface area contributed by atoms with Gasteiger partial charge in [0.2, 0.25) is 0 Å². The summed E-state index contributed by atoms with van der Waals surface area (Å²) >= 11 is 16.9. The van der Waals surface area contributed by atoms with E-state index in [2.05, 4.69) is 48.8 Å². The van der Waals surface area contributed by atoms with Gasteiger partial charge in [-0.15, -0.1) is 11.6 Å². The Bertz CT molecular complexity index is 894. The second-order valence-corrected chi connectivity index (χ2v) is 8.74. The van der Waals surface area contributed by atoms with Crippen LogP contribution in [0.1, 0.15) is 42.7 Å². The van der Waals surface area contributed by atoms with E-state index >= 15 is 0 Å². The van der Waals surface area contributed by atoms with E-state index in [0.717, 1.165) is 17.9 Å². The molecule has 0 spiro atoms. The van der Waals surface area contributed by atoms with Crippen LogP contribution in [0.2, 0.25) is 15.9 Å². The fourth-order valence-electron chi connectivity index (χ4n) is 5.39. The average Bonchev–Trinajstić information content (AvgIpc) is 3.00. The topological polar surface area (TPSA) is 40.9 Å². The fraction of sp³-hybridized carbons (Fsp3) is 0.391. The zero-order valence-electron chi connectivity index (χ0n) is 16.5. The SMILES string of the molecule is CC1B(C#N)C(=O)C2CCC(c3ccc(Cl)cc3)C(c3ccc(Cl)cc3)C12.CCl. The molecule has 5 unspecified atom stereocenters. The number of hydrogen-bond donors (Lipinski definition) is 0. The van der Waals surface area contributed by atoms with Gasteiger partial charge in [0.15, 0.2) is 0 Å². The Morgan fingerprint density at radius 3 is 1.90 bits per heavy atom. The summed E-state index contributed by atoms with van der Waals surface area (Å²) in [5.74, 6) is 2.99. The molecule has 1 aliphatic heterocycles. The van der Waals surface area contributed by atoms with Crippen LogP contribution < -0.4 is 0 Å². The van der Waals surface area contributed by atoms with Crippen LogP contribution in [0.5, 0.6) is 0 Å². The number of halogens is 3. The van der Waals surface area contributed by atoms with Crippen molar-refractivity contribution in [2.24, 2.45) is 11.8 Å². The van der Waals surface area contributed by atoms with Gasteiger partial charge in [-0.05, 0) is 71.8 Å². The number of nitrogens with zero attached hydrogens (tertiary/aromatic N) is 1. The molecular weight excluding hydrogens is 423 g/mol. The number of carbonyl (C=O) groups is 1. The van der Waals surface area contributed by atoms with Crippen LogP contribution in [0, 0.1) is 23.1 Å². The average molecular weight is 447 g/mol. The lowest BCUT2D eigenvalue weighted by atomic mass is 9.42. The van der Waals surface area contributed by atoms with Crippen molar-refractivity contribution in [3.05, 3.63) is 69.7 Å². The molecule has 0 radical (unpaired) electrons. The number of fused-ring (bicyclic) bond motifs is 1. The van der Waals surface area contributed by atoms with Gasteiger partial charge in [-0.2, -0.15) is 0 Å². The third-order valence-corrected chi connectivity index (χ3v) is 7.10. The molecule has 2 aliphatic rings. The van der Waals surface area contributed by atoms with Gasteiger partial charge in [0.05, 0.1) is 0 Å². The number of rotatable bonds is 2. The van der Waals surface area contributed by atoms with Gasteiger partial charge < -0.3 is 4.79 Å². The van der Waals surface area contributed by atoms with E-state index in [1.54, 1.807) is 0 Å². The first kappa shape index (κ1) is 22.2. The van der Waals surface area contributed by atoms with E-state index in [0.29, 0.717) is 10.9 Å². The summed E-state index contributed by atoms with van der Waals surface area (Å²) < 4.78 is 0. The highest BCUT2D eigenvalue weighted by Crippen LogP contribution is 2.57. The van der Waals surface area contributed by atoms with Crippen molar-refractivity contribution in [3.63, 3.8) is 0 Å². The molecule has 0 amide bonds. The number of benzene rings is 2. The Balaban J connectivity index is 0.00000117. The summed E-state index contributed by atoms with van der Waals surface area (Å²) in [5, 5.41) is 11.0. The van der Waals surface area contributed by atoms with Crippen LogP contribution >= 0.6 is 34.8 Å². The molecule has 0 bridgehead atoms. The Labute approximate surface area is 188 Å².